The number of carbonyl (C=O) groups excluding carboxylic acids is 1. The first-order chi connectivity index (χ1) is 9.22. The van der Waals surface area contributed by atoms with E-state index in [0.29, 0.717) is 13.0 Å². The number of carbonyl (C=O) groups is 1. The van der Waals surface area contributed by atoms with Gasteiger partial charge in [-0.05, 0) is 45.0 Å². The van der Waals surface area contributed by atoms with Gasteiger partial charge in [0.15, 0.2) is 0 Å². The lowest BCUT2D eigenvalue weighted by Crippen LogP contribution is -2.19. The minimum absolute atomic E-state index is 0.0776. The molecule has 4 nitrogen and oxygen atoms in total. The molecule has 0 saturated heterocycles. The van der Waals surface area contributed by atoms with Gasteiger partial charge in [0.2, 0.25) is 0 Å². The van der Waals surface area contributed by atoms with Crippen LogP contribution in [0.15, 0.2) is 24.5 Å². The van der Waals surface area contributed by atoms with Crippen LogP contribution in [0.4, 0.5) is 0 Å². The smallest absolute Gasteiger partial charge is 0.305 e. The van der Waals surface area contributed by atoms with Crippen molar-refractivity contribution in [1.29, 1.82) is 0 Å². The fraction of sp³-hybridized carbons (Fsp3) is 0.600. The third-order valence-electron chi connectivity index (χ3n) is 2.90. The summed E-state index contributed by atoms with van der Waals surface area (Å²) < 4.78 is 4.89. The van der Waals surface area contributed by atoms with Crippen molar-refractivity contribution in [2.24, 2.45) is 0 Å². The molecule has 1 aromatic heterocycles. The van der Waals surface area contributed by atoms with Crippen molar-refractivity contribution >= 4 is 5.97 Å². The van der Waals surface area contributed by atoms with E-state index in [1.165, 1.54) is 5.56 Å². The van der Waals surface area contributed by atoms with E-state index in [1.807, 2.05) is 19.2 Å². The van der Waals surface area contributed by atoms with Crippen LogP contribution >= 0.6 is 0 Å². The minimum Gasteiger partial charge on any atom is -0.466 e. The Kier molecular flexibility index (Phi) is 7.82. The molecule has 1 rings (SSSR count). The Morgan fingerprint density at radius 2 is 2.21 bits per heavy atom. The molecule has 0 aliphatic heterocycles. The summed E-state index contributed by atoms with van der Waals surface area (Å²) in [6.07, 6.45) is 7.32. The van der Waals surface area contributed by atoms with Crippen molar-refractivity contribution in [3.8, 4) is 0 Å². The number of hydrogen-bond acceptors (Lipinski definition) is 4. The van der Waals surface area contributed by atoms with Crippen molar-refractivity contribution in [3.63, 3.8) is 0 Å². The lowest BCUT2D eigenvalue weighted by molar-refractivity contribution is -0.143. The number of unbranched alkanes of at least 4 members (excludes halogenated alkanes) is 2. The van der Waals surface area contributed by atoms with Gasteiger partial charge in [0.1, 0.15) is 0 Å². The maximum atomic E-state index is 11.1. The van der Waals surface area contributed by atoms with Gasteiger partial charge in [0.05, 0.1) is 6.61 Å². The molecule has 1 heterocycles. The second-order valence-corrected chi connectivity index (χ2v) is 4.71. The topological polar surface area (TPSA) is 42.4 Å². The number of esters is 1. The molecular formula is C15H24N2O2. The lowest BCUT2D eigenvalue weighted by atomic mass is 10.2. The summed E-state index contributed by atoms with van der Waals surface area (Å²) in [6.45, 7) is 4.28. The highest BCUT2D eigenvalue weighted by atomic mass is 16.5. The average molecular weight is 264 g/mol. The van der Waals surface area contributed by atoms with E-state index >= 15 is 0 Å². The lowest BCUT2D eigenvalue weighted by Gasteiger charge is -2.16. The van der Waals surface area contributed by atoms with Gasteiger partial charge in [0.25, 0.3) is 0 Å². The van der Waals surface area contributed by atoms with Crippen LogP contribution in [-0.2, 0) is 16.1 Å². The van der Waals surface area contributed by atoms with Crippen molar-refractivity contribution in [3.05, 3.63) is 30.1 Å². The Balaban J connectivity index is 2.04. The average Bonchev–Trinajstić information content (AvgIpc) is 2.40. The monoisotopic (exact) mass is 264 g/mol. The number of nitrogens with zero attached hydrogens (tertiary/aromatic N) is 2. The SMILES string of the molecule is CCOC(=O)CCCCCN(C)Cc1cccnc1. The van der Waals surface area contributed by atoms with E-state index in [-0.39, 0.29) is 5.97 Å². The van der Waals surface area contributed by atoms with Crippen LogP contribution in [0.3, 0.4) is 0 Å². The molecule has 0 N–H and O–H groups in total. The maximum absolute atomic E-state index is 11.1. The second kappa shape index (κ2) is 9.50. The van der Waals surface area contributed by atoms with E-state index < -0.39 is 0 Å². The molecule has 106 valence electrons. The van der Waals surface area contributed by atoms with Gasteiger partial charge in [-0.25, -0.2) is 0 Å². The Bertz CT molecular complexity index is 354. The standard InChI is InChI=1S/C15H24N2O2/c1-3-19-15(18)9-5-4-6-11-17(2)13-14-8-7-10-16-12-14/h7-8,10,12H,3-6,9,11,13H2,1-2H3. The van der Waals surface area contributed by atoms with Gasteiger partial charge in [0, 0.05) is 25.4 Å². The molecule has 0 unspecified atom stereocenters. The Labute approximate surface area is 115 Å². The Morgan fingerprint density at radius 1 is 1.37 bits per heavy atom. The van der Waals surface area contributed by atoms with E-state index in [0.717, 1.165) is 32.4 Å². The van der Waals surface area contributed by atoms with Crippen LogP contribution < -0.4 is 0 Å². The zero-order chi connectivity index (χ0) is 13.9. The van der Waals surface area contributed by atoms with E-state index in [9.17, 15) is 4.79 Å². The normalized spacial score (nSPS) is 10.7. The molecule has 0 saturated carbocycles. The zero-order valence-electron chi connectivity index (χ0n) is 12.0. The summed E-state index contributed by atoms with van der Waals surface area (Å²) in [4.78, 5) is 17.5. The third-order valence-corrected chi connectivity index (χ3v) is 2.90. The van der Waals surface area contributed by atoms with Gasteiger partial charge in [-0.2, -0.15) is 0 Å². The Hall–Kier alpha value is -1.42. The maximum Gasteiger partial charge on any atom is 0.305 e. The predicted molar refractivity (Wildman–Crippen MR) is 75.7 cm³/mol. The molecule has 0 radical (unpaired) electrons. The van der Waals surface area contributed by atoms with Crippen LogP contribution in [0.25, 0.3) is 0 Å². The molecule has 0 bridgehead atoms. The van der Waals surface area contributed by atoms with E-state index in [2.05, 4.69) is 23.0 Å². The number of aromatic nitrogens is 1. The predicted octanol–water partition coefficient (Wildman–Crippen LogP) is 2.64. The van der Waals surface area contributed by atoms with Gasteiger partial charge in [-0.1, -0.05) is 12.5 Å². The summed E-state index contributed by atoms with van der Waals surface area (Å²) in [7, 11) is 2.11. The highest BCUT2D eigenvalue weighted by Gasteiger charge is 2.03. The van der Waals surface area contributed by atoms with Gasteiger partial charge >= 0.3 is 5.97 Å². The molecule has 0 aliphatic carbocycles. The molecule has 4 heteroatoms. The summed E-state index contributed by atoms with van der Waals surface area (Å²) in [5.41, 5.74) is 1.23. The first-order valence-corrected chi connectivity index (χ1v) is 6.95. The fourth-order valence-electron chi connectivity index (χ4n) is 1.94. The molecule has 19 heavy (non-hydrogen) atoms. The van der Waals surface area contributed by atoms with E-state index in [1.54, 1.807) is 6.20 Å². The number of ether oxygens (including phenoxy) is 1. The summed E-state index contributed by atoms with van der Waals surface area (Å²) in [6, 6.07) is 4.05. The molecule has 0 fully saturated rings. The van der Waals surface area contributed by atoms with Gasteiger partial charge in [-0.3, -0.25) is 9.78 Å². The second-order valence-electron chi connectivity index (χ2n) is 4.71. The molecule has 0 aromatic carbocycles. The Morgan fingerprint density at radius 3 is 2.89 bits per heavy atom. The number of rotatable bonds is 9. The quantitative estimate of drug-likeness (QED) is 0.508. The molecule has 1 aromatic rings. The van der Waals surface area contributed by atoms with Crippen LogP contribution in [0.2, 0.25) is 0 Å². The molecule has 0 aliphatic rings. The molecule has 0 amide bonds. The zero-order valence-corrected chi connectivity index (χ0v) is 12.0. The van der Waals surface area contributed by atoms with Crippen LogP contribution in [-0.4, -0.2) is 36.1 Å². The number of hydrogen-bond donors (Lipinski definition) is 0. The van der Waals surface area contributed by atoms with Gasteiger partial charge < -0.3 is 9.64 Å². The third kappa shape index (κ3) is 7.57. The molecule has 0 atom stereocenters. The summed E-state index contributed by atoms with van der Waals surface area (Å²) in [5, 5.41) is 0. The van der Waals surface area contributed by atoms with Gasteiger partial charge in [-0.15, -0.1) is 0 Å². The van der Waals surface area contributed by atoms with E-state index in [4.69, 9.17) is 4.74 Å². The van der Waals surface area contributed by atoms with Crippen LogP contribution in [0.1, 0.15) is 38.2 Å². The summed E-state index contributed by atoms with van der Waals surface area (Å²) >= 11 is 0. The highest BCUT2D eigenvalue weighted by molar-refractivity contribution is 5.69. The van der Waals surface area contributed by atoms with Crippen molar-refractivity contribution in [2.45, 2.75) is 39.2 Å². The van der Waals surface area contributed by atoms with Crippen LogP contribution in [0, 0.1) is 0 Å². The van der Waals surface area contributed by atoms with Crippen molar-refractivity contribution < 1.29 is 9.53 Å². The fourth-order valence-corrected chi connectivity index (χ4v) is 1.94. The number of pyridine rings is 1. The first-order valence-electron chi connectivity index (χ1n) is 6.95. The molecule has 0 spiro atoms. The van der Waals surface area contributed by atoms with Crippen molar-refractivity contribution in [2.75, 3.05) is 20.2 Å². The summed E-state index contributed by atoms with van der Waals surface area (Å²) in [5.74, 6) is -0.0776. The minimum atomic E-state index is -0.0776. The van der Waals surface area contributed by atoms with Crippen LogP contribution in [0.5, 0.6) is 0 Å². The highest BCUT2D eigenvalue weighted by Crippen LogP contribution is 2.05. The van der Waals surface area contributed by atoms with Crippen molar-refractivity contribution in [1.82, 2.24) is 9.88 Å². The molecular weight excluding hydrogens is 240 g/mol. The first kappa shape index (κ1) is 15.6. The largest absolute Gasteiger partial charge is 0.466 e.